The topological polar surface area (TPSA) is 30.7 Å². The Morgan fingerprint density at radius 2 is 2.18 bits per heavy atom. The maximum atomic E-state index is 4.22. The number of hydrogen-bond donors (Lipinski definition) is 0. The van der Waals surface area contributed by atoms with E-state index >= 15 is 0 Å². The summed E-state index contributed by atoms with van der Waals surface area (Å²) in [7, 11) is 2.06. The van der Waals surface area contributed by atoms with E-state index in [1.165, 1.54) is 31.4 Å². The second-order valence-corrected chi connectivity index (χ2v) is 6.70. The van der Waals surface area contributed by atoms with Gasteiger partial charge in [-0.3, -0.25) is 0 Å². The van der Waals surface area contributed by atoms with Gasteiger partial charge in [0.05, 0.1) is 5.75 Å². The Morgan fingerprint density at radius 3 is 2.76 bits per heavy atom. The Hall–Kier alpha value is -0.510. The summed E-state index contributed by atoms with van der Waals surface area (Å²) in [5.41, 5.74) is 0. The Labute approximate surface area is 107 Å². The zero-order chi connectivity index (χ0) is 11.8. The largest absolute Gasteiger partial charge is 0.318 e. The van der Waals surface area contributed by atoms with Crippen molar-refractivity contribution < 1.29 is 0 Å². The van der Waals surface area contributed by atoms with E-state index in [4.69, 9.17) is 0 Å². The van der Waals surface area contributed by atoms with Crippen molar-refractivity contribution in [1.82, 2.24) is 14.8 Å². The molecule has 17 heavy (non-hydrogen) atoms. The minimum absolute atomic E-state index is 0.994. The first-order valence-corrected chi connectivity index (χ1v) is 7.82. The SMILES string of the molecule is Cc1nnc(CSCC2CC3CCC2C3)n1C. The van der Waals surface area contributed by atoms with Crippen molar-refractivity contribution in [1.29, 1.82) is 0 Å². The van der Waals surface area contributed by atoms with Crippen molar-refractivity contribution in [2.45, 2.75) is 38.4 Å². The number of thioether (sulfide) groups is 1. The Balaban J connectivity index is 1.48. The highest BCUT2D eigenvalue weighted by atomic mass is 32.2. The third kappa shape index (κ3) is 2.24. The standard InChI is InChI=1S/C13H21N3S/c1-9-14-15-13(16(9)2)8-17-7-12-6-10-3-4-11(12)5-10/h10-12H,3-8H2,1-2H3. The number of fused-ring (bicyclic) bond motifs is 2. The molecular formula is C13H21N3S. The van der Waals surface area contributed by atoms with Crippen LogP contribution < -0.4 is 0 Å². The van der Waals surface area contributed by atoms with E-state index in [1.54, 1.807) is 0 Å². The van der Waals surface area contributed by atoms with Crippen molar-refractivity contribution in [3.8, 4) is 0 Å². The molecule has 0 spiro atoms. The van der Waals surface area contributed by atoms with E-state index in [-0.39, 0.29) is 0 Å². The molecule has 3 nitrogen and oxygen atoms in total. The van der Waals surface area contributed by atoms with Crippen LogP contribution >= 0.6 is 11.8 Å². The molecule has 1 aromatic heterocycles. The highest BCUT2D eigenvalue weighted by molar-refractivity contribution is 7.98. The van der Waals surface area contributed by atoms with Gasteiger partial charge in [0.25, 0.3) is 0 Å². The molecule has 3 atom stereocenters. The van der Waals surface area contributed by atoms with Gasteiger partial charge in [-0.15, -0.1) is 10.2 Å². The minimum atomic E-state index is 0.994. The minimum Gasteiger partial charge on any atom is -0.318 e. The summed E-state index contributed by atoms with van der Waals surface area (Å²) >= 11 is 2.05. The molecule has 0 saturated heterocycles. The number of rotatable bonds is 4. The summed E-state index contributed by atoms with van der Waals surface area (Å²) in [4.78, 5) is 0. The van der Waals surface area contributed by atoms with Crippen LogP contribution in [0.3, 0.4) is 0 Å². The molecule has 0 amide bonds. The van der Waals surface area contributed by atoms with E-state index in [0.717, 1.165) is 35.2 Å². The molecule has 1 aromatic rings. The molecule has 2 saturated carbocycles. The molecule has 94 valence electrons. The molecule has 0 radical (unpaired) electrons. The van der Waals surface area contributed by atoms with Crippen molar-refractivity contribution >= 4 is 11.8 Å². The Kier molecular flexibility index (Phi) is 3.16. The van der Waals surface area contributed by atoms with Crippen LogP contribution in [0.15, 0.2) is 0 Å². The average Bonchev–Trinajstić information content (AvgIpc) is 3.00. The van der Waals surface area contributed by atoms with Gasteiger partial charge in [-0.05, 0) is 49.7 Å². The molecule has 4 heteroatoms. The lowest BCUT2D eigenvalue weighted by Gasteiger charge is -2.20. The van der Waals surface area contributed by atoms with E-state index in [0.29, 0.717) is 0 Å². The second kappa shape index (κ2) is 4.63. The molecule has 0 aromatic carbocycles. The third-order valence-corrected chi connectivity index (χ3v) is 5.76. The highest BCUT2D eigenvalue weighted by Gasteiger charge is 2.38. The van der Waals surface area contributed by atoms with Crippen molar-refractivity contribution in [3.63, 3.8) is 0 Å². The predicted octanol–water partition coefficient (Wildman–Crippen LogP) is 2.79. The van der Waals surface area contributed by atoms with Crippen LogP contribution in [0.2, 0.25) is 0 Å². The smallest absolute Gasteiger partial charge is 0.142 e. The monoisotopic (exact) mass is 251 g/mol. The first-order chi connectivity index (χ1) is 8.24. The molecule has 0 aliphatic heterocycles. The van der Waals surface area contributed by atoms with Gasteiger partial charge in [0.2, 0.25) is 0 Å². The lowest BCUT2D eigenvalue weighted by molar-refractivity contribution is 0.365. The fourth-order valence-corrected chi connectivity index (χ4v) is 4.72. The first kappa shape index (κ1) is 11.6. The van der Waals surface area contributed by atoms with E-state index < -0.39 is 0 Å². The van der Waals surface area contributed by atoms with Gasteiger partial charge in [-0.1, -0.05) is 6.42 Å². The quantitative estimate of drug-likeness (QED) is 0.824. The molecule has 2 aliphatic rings. The van der Waals surface area contributed by atoms with Gasteiger partial charge in [-0.2, -0.15) is 11.8 Å². The predicted molar refractivity (Wildman–Crippen MR) is 70.8 cm³/mol. The van der Waals surface area contributed by atoms with Gasteiger partial charge >= 0.3 is 0 Å². The summed E-state index contributed by atoms with van der Waals surface area (Å²) in [5.74, 6) is 7.60. The fourth-order valence-electron chi connectivity index (χ4n) is 3.46. The van der Waals surface area contributed by atoms with Crippen LogP contribution in [0.1, 0.15) is 37.3 Å². The molecule has 2 bridgehead atoms. The van der Waals surface area contributed by atoms with Crippen LogP contribution in [-0.4, -0.2) is 20.5 Å². The van der Waals surface area contributed by atoms with Crippen LogP contribution in [0.25, 0.3) is 0 Å². The second-order valence-electron chi connectivity index (χ2n) is 5.67. The molecule has 3 unspecified atom stereocenters. The average molecular weight is 251 g/mol. The van der Waals surface area contributed by atoms with Crippen LogP contribution in [-0.2, 0) is 12.8 Å². The first-order valence-electron chi connectivity index (χ1n) is 6.66. The van der Waals surface area contributed by atoms with Crippen molar-refractivity contribution in [2.75, 3.05) is 5.75 Å². The normalized spacial score (nSPS) is 31.3. The molecule has 0 N–H and O–H groups in total. The zero-order valence-corrected chi connectivity index (χ0v) is 11.5. The Morgan fingerprint density at radius 1 is 1.29 bits per heavy atom. The Bertz CT molecular complexity index is 401. The van der Waals surface area contributed by atoms with Gasteiger partial charge in [0.15, 0.2) is 0 Å². The van der Waals surface area contributed by atoms with E-state index in [2.05, 4.69) is 21.8 Å². The third-order valence-electron chi connectivity index (χ3n) is 4.63. The summed E-state index contributed by atoms with van der Waals surface area (Å²) < 4.78 is 2.10. The summed E-state index contributed by atoms with van der Waals surface area (Å²) in [6.07, 6.45) is 6.02. The maximum Gasteiger partial charge on any atom is 0.142 e. The summed E-state index contributed by atoms with van der Waals surface area (Å²) in [5, 5.41) is 8.32. The molecule has 2 fully saturated rings. The van der Waals surface area contributed by atoms with Gasteiger partial charge in [-0.25, -0.2) is 0 Å². The van der Waals surface area contributed by atoms with Gasteiger partial charge in [0, 0.05) is 7.05 Å². The lowest BCUT2D eigenvalue weighted by Crippen LogP contribution is -2.13. The van der Waals surface area contributed by atoms with Gasteiger partial charge in [0.1, 0.15) is 11.6 Å². The highest BCUT2D eigenvalue weighted by Crippen LogP contribution is 2.49. The molecular weight excluding hydrogens is 230 g/mol. The van der Waals surface area contributed by atoms with Crippen LogP contribution in [0, 0.1) is 24.7 Å². The van der Waals surface area contributed by atoms with Crippen molar-refractivity contribution in [3.05, 3.63) is 11.6 Å². The maximum absolute atomic E-state index is 4.22. The number of hydrogen-bond acceptors (Lipinski definition) is 3. The van der Waals surface area contributed by atoms with Crippen molar-refractivity contribution in [2.24, 2.45) is 24.8 Å². The number of aryl methyl sites for hydroxylation is 1. The molecule has 3 rings (SSSR count). The summed E-state index contributed by atoms with van der Waals surface area (Å²) in [6.45, 7) is 2.01. The van der Waals surface area contributed by atoms with Gasteiger partial charge < -0.3 is 4.57 Å². The fraction of sp³-hybridized carbons (Fsp3) is 0.846. The van der Waals surface area contributed by atoms with E-state index in [1.807, 2.05) is 18.7 Å². The van der Waals surface area contributed by atoms with Crippen LogP contribution in [0.5, 0.6) is 0 Å². The number of nitrogens with zero attached hydrogens (tertiary/aromatic N) is 3. The molecule has 1 heterocycles. The lowest BCUT2D eigenvalue weighted by atomic mass is 9.90. The molecule has 2 aliphatic carbocycles. The zero-order valence-electron chi connectivity index (χ0n) is 10.7. The van der Waals surface area contributed by atoms with E-state index in [9.17, 15) is 0 Å². The number of aromatic nitrogens is 3. The summed E-state index contributed by atoms with van der Waals surface area (Å²) in [6, 6.07) is 0. The van der Waals surface area contributed by atoms with Crippen LogP contribution in [0.4, 0.5) is 0 Å².